The molecule has 5 heteroatoms. The highest BCUT2D eigenvalue weighted by Crippen LogP contribution is 2.13. The number of ether oxygens (including phenoxy) is 1. The van der Waals surface area contributed by atoms with Crippen LogP contribution in [0.3, 0.4) is 0 Å². The van der Waals surface area contributed by atoms with Gasteiger partial charge in [-0.3, -0.25) is 4.79 Å². The Labute approximate surface area is 119 Å². The number of nitrogens with one attached hydrogen (secondary N) is 1. The number of nitriles is 1. The second-order valence-corrected chi connectivity index (χ2v) is 4.98. The number of hydrogen-bond acceptors (Lipinski definition) is 4. The summed E-state index contributed by atoms with van der Waals surface area (Å²) in [5.74, 6) is -0.125. The van der Waals surface area contributed by atoms with Crippen molar-refractivity contribution >= 4 is 5.91 Å². The van der Waals surface area contributed by atoms with Crippen LogP contribution in [0.5, 0.6) is 0 Å². The maximum absolute atomic E-state index is 12.2. The topological polar surface area (TPSA) is 65.4 Å². The second kappa shape index (κ2) is 6.51. The van der Waals surface area contributed by atoms with E-state index in [0.29, 0.717) is 17.7 Å². The van der Waals surface area contributed by atoms with Crippen molar-refractivity contribution in [2.75, 3.05) is 26.7 Å². The van der Waals surface area contributed by atoms with Gasteiger partial charge in [0.15, 0.2) is 0 Å². The fourth-order valence-electron chi connectivity index (χ4n) is 2.43. The minimum atomic E-state index is -0.125. The molecule has 0 saturated carbocycles. The van der Waals surface area contributed by atoms with Crippen molar-refractivity contribution in [2.45, 2.75) is 19.1 Å². The molecule has 5 nitrogen and oxygen atoms in total. The fraction of sp³-hybridized carbons (Fsp3) is 0.467. The number of hydrogen-bond donors (Lipinski definition) is 1. The molecule has 0 radical (unpaired) electrons. The normalized spacial score (nSPS) is 22.4. The Morgan fingerprint density at radius 2 is 2.15 bits per heavy atom. The van der Waals surface area contributed by atoms with Gasteiger partial charge in [-0.2, -0.15) is 5.26 Å². The van der Waals surface area contributed by atoms with E-state index in [4.69, 9.17) is 10.00 Å². The highest BCUT2D eigenvalue weighted by molar-refractivity contribution is 5.94. The first-order chi connectivity index (χ1) is 9.63. The highest BCUT2D eigenvalue weighted by Gasteiger charge is 2.32. The number of amides is 1. The molecule has 1 heterocycles. The van der Waals surface area contributed by atoms with Crippen LogP contribution >= 0.6 is 0 Å². The molecular weight excluding hydrogens is 254 g/mol. The van der Waals surface area contributed by atoms with Gasteiger partial charge in [-0.05, 0) is 38.2 Å². The van der Waals surface area contributed by atoms with Crippen LogP contribution in [0, 0.1) is 11.3 Å². The van der Waals surface area contributed by atoms with Crippen LogP contribution in [0.1, 0.15) is 22.8 Å². The minimum absolute atomic E-state index is 0.00286. The van der Waals surface area contributed by atoms with Crippen molar-refractivity contribution in [2.24, 2.45) is 0 Å². The molecular formula is C15H19N3O2. The summed E-state index contributed by atoms with van der Waals surface area (Å²) in [4.78, 5) is 14.3. The fourth-order valence-corrected chi connectivity index (χ4v) is 2.43. The molecule has 1 aromatic carbocycles. The number of carbonyl (C=O) groups is 1. The molecule has 2 unspecified atom stereocenters. The van der Waals surface area contributed by atoms with Gasteiger partial charge in [0.05, 0.1) is 23.8 Å². The zero-order valence-corrected chi connectivity index (χ0v) is 11.8. The van der Waals surface area contributed by atoms with E-state index in [9.17, 15) is 4.79 Å². The Balaban J connectivity index is 2.01. The van der Waals surface area contributed by atoms with Gasteiger partial charge in [-0.25, -0.2) is 0 Å². The Morgan fingerprint density at radius 3 is 2.75 bits per heavy atom. The third kappa shape index (κ3) is 3.35. The van der Waals surface area contributed by atoms with Crippen molar-refractivity contribution in [3.63, 3.8) is 0 Å². The lowest BCUT2D eigenvalue weighted by atomic mass is 10.1. The van der Waals surface area contributed by atoms with Gasteiger partial charge in [-0.1, -0.05) is 0 Å². The van der Waals surface area contributed by atoms with Crippen molar-refractivity contribution in [3.8, 4) is 6.07 Å². The first kappa shape index (κ1) is 14.5. The van der Waals surface area contributed by atoms with Crippen molar-refractivity contribution in [1.29, 1.82) is 5.26 Å². The van der Waals surface area contributed by atoms with Crippen LogP contribution in [-0.4, -0.2) is 49.7 Å². The zero-order valence-electron chi connectivity index (χ0n) is 11.8. The van der Waals surface area contributed by atoms with Crippen LogP contribution in [0.25, 0.3) is 0 Å². The Hall–Kier alpha value is -1.90. The summed E-state index contributed by atoms with van der Waals surface area (Å²) in [5.41, 5.74) is 1.11. The molecule has 1 amide bonds. The molecule has 1 aliphatic heterocycles. The molecule has 0 aromatic heterocycles. The van der Waals surface area contributed by atoms with E-state index in [2.05, 4.69) is 10.2 Å². The average molecular weight is 273 g/mol. The van der Waals surface area contributed by atoms with Gasteiger partial charge in [0.25, 0.3) is 5.91 Å². The highest BCUT2D eigenvalue weighted by atomic mass is 16.5. The van der Waals surface area contributed by atoms with E-state index in [1.807, 2.05) is 20.0 Å². The number of benzene rings is 1. The Bertz CT molecular complexity index is 507. The SMILES string of the molecule is CCOC1CN(C)CC1NC(=O)c1ccc(C#N)cc1. The van der Waals surface area contributed by atoms with E-state index in [-0.39, 0.29) is 18.1 Å². The molecule has 1 aliphatic rings. The molecule has 2 atom stereocenters. The molecule has 1 N–H and O–H groups in total. The quantitative estimate of drug-likeness (QED) is 0.889. The van der Waals surface area contributed by atoms with Crippen molar-refractivity contribution < 1.29 is 9.53 Å². The van der Waals surface area contributed by atoms with Gasteiger partial charge in [0, 0.05) is 25.3 Å². The third-order valence-corrected chi connectivity index (χ3v) is 3.42. The minimum Gasteiger partial charge on any atom is -0.375 e. The molecule has 0 spiro atoms. The van der Waals surface area contributed by atoms with Crippen LogP contribution in [0.2, 0.25) is 0 Å². The van der Waals surface area contributed by atoms with E-state index in [1.54, 1.807) is 24.3 Å². The molecule has 20 heavy (non-hydrogen) atoms. The van der Waals surface area contributed by atoms with Crippen LogP contribution < -0.4 is 5.32 Å². The van der Waals surface area contributed by atoms with Gasteiger partial charge in [-0.15, -0.1) is 0 Å². The molecule has 106 valence electrons. The summed E-state index contributed by atoms with van der Waals surface area (Å²) >= 11 is 0. The van der Waals surface area contributed by atoms with E-state index < -0.39 is 0 Å². The van der Waals surface area contributed by atoms with Crippen LogP contribution in [0.15, 0.2) is 24.3 Å². The summed E-state index contributed by atoms with van der Waals surface area (Å²) < 4.78 is 5.66. The monoisotopic (exact) mass is 273 g/mol. The average Bonchev–Trinajstić information content (AvgIpc) is 2.79. The Kier molecular flexibility index (Phi) is 4.72. The summed E-state index contributed by atoms with van der Waals surface area (Å²) in [6.07, 6.45) is 0.0346. The third-order valence-electron chi connectivity index (χ3n) is 3.42. The lowest BCUT2D eigenvalue weighted by Crippen LogP contribution is -2.43. The maximum Gasteiger partial charge on any atom is 0.251 e. The number of likely N-dealkylation sites (N-methyl/N-ethyl adjacent to an activating group) is 1. The summed E-state index contributed by atoms with van der Waals surface area (Å²) in [6, 6.07) is 8.68. The standard InChI is InChI=1S/C15H19N3O2/c1-3-20-14-10-18(2)9-13(14)17-15(19)12-6-4-11(8-16)5-7-12/h4-7,13-14H,3,9-10H2,1-2H3,(H,17,19). The van der Waals surface area contributed by atoms with E-state index in [0.717, 1.165) is 13.1 Å². The number of carbonyl (C=O) groups excluding carboxylic acids is 1. The molecule has 1 fully saturated rings. The van der Waals surface area contributed by atoms with E-state index >= 15 is 0 Å². The molecule has 1 aromatic rings. The summed E-state index contributed by atoms with van der Waals surface area (Å²) in [6.45, 7) is 4.21. The van der Waals surface area contributed by atoms with Gasteiger partial charge in [0.1, 0.15) is 0 Å². The number of nitrogens with zero attached hydrogens (tertiary/aromatic N) is 2. The molecule has 2 rings (SSSR count). The van der Waals surface area contributed by atoms with Gasteiger partial charge in [0.2, 0.25) is 0 Å². The van der Waals surface area contributed by atoms with Crippen LogP contribution in [0.4, 0.5) is 0 Å². The van der Waals surface area contributed by atoms with Crippen LogP contribution in [-0.2, 0) is 4.74 Å². The van der Waals surface area contributed by atoms with Gasteiger partial charge < -0.3 is 15.0 Å². The van der Waals surface area contributed by atoms with Crippen molar-refractivity contribution in [1.82, 2.24) is 10.2 Å². The summed E-state index contributed by atoms with van der Waals surface area (Å²) in [7, 11) is 2.01. The summed E-state index contributed by atoms with van der Waals surface area (Å²) in [5, 5.41) is 11.8. The molecule has 1 saturated heterocycles. The van der Waals surface area contributed by atoms with Crippen molar-refractivity contribution in [3.05, 3.63) is 35.4 Å². The first-order valence-corrected chi connectivity index (χ1v) is 6.75. The number of likely N-dealkylation sites (tertiary alicyclic amines) is 1. The maximum atomic E-state index is 12.2. The van der Waals surface area contributed by atoms with E-state index in [1.165, 1.54) is 0 Å². The number of rotatable bonds is 4. The lowest BCUT2D eigenvalue weighted by Gasteiger charge is -2.19. The second-order valence-electron chi connectivity index (χ2n) is 4.98. The lowest BCUT2D eigenvalue weighted by molar-refractivity contribution is 0.0513. The zero-order chi connectivity index (χ0) is 14.5. The molecule has 0 bridgehead atoms. The Morgan fingerprint density at radius 1 is 1.45 bits per heavy atom. The first-order valence-electron chi connectivity index (χ1n) is 6.75. The van der Waals surface area contributed by atoms with Gasteiger partial charge >= 0.3 is 0 Å². The molecule has 0 aliphatic carbocycles. The predicted molar refractivity (Wildman–Crippen MR) is 75.3 cm³/mol. The smallest absolute Gasteiger partial charge is 0.251 e. The largest absolute Gasteiger partial charge is 0.375 e. The predicted octanol–water partition coefficient (Wildman–Crippen LogP) is 1.01.